The molecular weight excluding hydrogens is 279 g/mol. The van der Waals surface area contributed by atoms with Gasteiger partial charge in [-0.05, 0) is 27.2 Å². The molecule has 2 nitrogen and oxygen atoms in total. The molecule has 0 bridgehead atoms. The van der Waals surface area contributed by atoms with Crippen molar-refractivity contribution < 1.29 is 9.53 Å². The quantitative estimate of drug-likeness (QED) is 0.622. The number of benzene rings is 1. The highest BCUT2D eigenvalue weighted by atomic mass is 35.7. The smallest absolute Gasteiger partial charge is 0.354 e. The Morgan fingerprint density at radius 3 is 2.47 bits per heavy atom. The Kier molecular flexibility index (Phi) is 5.06. The van der Waals surface area contributed by atoms with E-state index >= 15 is 0 Å². The van der Waals surface area contributed by atoms with Crippen LogP contribution in [0.15, 0.2) is 30.3 Å². The number of esters is 1. The number of halogens is 3. The number of rotatable bonds is 4. The zero-order valence-corrected chi connectivity index (χ0v) is 10.5. The van der Waals surface area contributed by atoms with E-state index in [-0.39, 0.29) is 6.61 Å². The van der Waals surface area contributed by atoms with E-state index in [4.69, 9.17) is 38.6 Å². The van der Waals surface area contributed by atoms with E-state index in [1.54, 1.807) is 0 Å². The Bertz CT molecular complexity index is 329. The van der Waals surface area contributed by atoms with Gasteiger partial charge in [0, 0.05) is 0 Å². The van der Waals surface area contributed by atoms with Crippen molar-refractivity contribution >= 4 is 50.8 Å². The molecule has 1 aromatic carbocycles. The molecule has 0 aromatic heterocycles. The van der Waals surface area contributed by atoms with Crippen LogP contribution in [0.5, 0.6) is 0 Å². The van der Waals surface area contributed by atoms with Crippen molar-refractivity contribution in [2.75, 3.05) is 0 Å². The molecule has 0 spiro atoms. The number of carbonyl (C=O) groups is 1. The van der Waals surface area contributed by atoms with Crippen LogP contribution < -0.4 is 0 Å². The van der Waals surface area contributed by atoms with Crippen molar-refractivity contribution in [3.05, 3.63) is 35.9 Å². The highest BCUT2D eigenvalue weighted by Crippen LogP contribution is 2.38. The second kappa shape index (κ2) is 5.85. The second-order valence-corrected chi connectivity index (χ2v) is 5.66. The SMILES string of the molecule is O=C(OCc1ccccc1)C(Cl)(Cl)SCl. The van der Waals surface area contributed by atoms with Crippen LogP contribution in [0, 0.1) is 0 Å². The maximum absolute atomic E-state index is 11.3. The fourth-order valence-corrected chi connectivity index (χ4v) is 1.26. The molecule has 0 aliphatic carbocycles. The average Bonchev–Trinajstić information content (AvgIpc) is 2.27. The van der Waals surface area contributed by atoms with Crippen LogP contribution in [0.25, 0.3) is 0 Å². The van der Waals surface area contributed by atoms with Gasteiger partial charge < -0.3 is 4.74 Å². The lowest BCUT2D eigenvalue weighted by Gasteiger charge is -2.13. The number of hydrogen-bond acceptors (Lipinski definition) is 3. The molecule has 0 saturated heterocycles. The Labute approximate surface area is 106 Å². The molecule has 0 heterocycles. The minimum atomic E-state index is -1.75. The van der Waals surface area contributed by atoms with E-state index in [1.807, 2.05) is 30.3 Å². The molecule has 1 rings (SSSR count). The van der Waals surface area contributed by atoms with Crippen LogP contribution in [0.3, 0.4) is 0 Å². The molecule has 0 aliphatic rings. The Hall–Kier alpha value is -0.0900. The van der Waals surface area contributed by atoms with Crippen molar-refractivity contribution in [3.8, 4) is 0 Å². The molecule has 6 heteroatoms. The molecule has 82 valence electrons. The first-order valence-electron chi connectivity index (χ1n) is 3.95. The third kappa shape index (κ3) is 4.11. The van der Waals surface area contributed by atoms with Gasteiger partial charge in [0.2, 0.25) is 0 Å². The zero-order valence-electron chi connectivity index (χ0n) is 7.45. The van der Waals surface area contributed by atoms with Crippen molar-refractivity contribution in [3.63, 3.8) is 0 Å². The van der Waals surface area contributed by atoms with Gasteiger partial charge in [0.15, 0.2) is 0 Å². The summed E-state index contributed by atoms with van der Waals surface area (Å²) in [5.74, 6) is -0.769. The third-order valence-corrected chi connectivity index (χ3v) is 3.85. The van der Waals surface area contributed by atoms with Crippen LogP contribution in [0.4, 0.5) is 0 Å². The lowest BCUT2D eigenvalue weighted by molar-refractivity contribution is -0.143. The first kappa shape index (κ1) is 13.0. The van der Waals surface area contributed by atoms with Crippen molar-refractivity contribution in [2.45, 2.75) is 10.3 Å². The van der Waals surface area contributed by atoms with E-state index in [0.29, 0.717) is 11.0 Å². The molecule has 15 heavy (non-hydrogen) atoms. The predicted molar refractivity (Wildman–Crippen MR) is 64.1 cm³/mol. The van der Waals surface area contributed by atoms with Gasteiger partial charge >= 0.3 is 5.97 Å². The van der Waals surface area contributed by atoms with Crippen molar-refractivity contribution in [1.29, 1.82) is 0 Å². The summed E-state index contributed by atoms with van der Waals surface area (Å²) in [7, 11) is 5.82. The molecule has 0 aliphatic heterocycles. The number of carbonyl (C=O) groups excluding carboxylic acids is 1. The normalized spacial score (nSPS) is 11.1. The lowest BCUT2D eigenvalue weighted by Crippen LogP contribution is -2.23. The summed E-state index contributed by atoms with van der Waals surface area (Å²) in [6.07, 6.45) is 0. The van der Waals surface area contributed by atoms with Gasteiger partial charge in [0.25, 0.3) is 3.67 Å². The van der Waals surface area contributed by atoms with E-state index < -0.39 is 9.63 Å². The summed E-state index contributed by atoms with van der Waals surface area (Å²) in [4.78, 5) is 11.3. The van der Waals surface area contributed by atoms with Crippen LogP contribution in [-0.2, 0) is 16.1 Å². The lowest BCUT2D eigenvalue weighted by atomic mass is 10.2. The van der Waals surface area contributed by atoms with Gasteiger partial charge in [-0.1, -0.05) is 53.5 Å². The summed E-state index contributed by atoms with van der Waals surface area (Å²) in [6, 6.07) is 9.20. The highest BCUT2D eigenvalue weighted by Gasteiger charge is 2.36. The van der Waals surface area contributed by atoms with Gasteiger partial charge in [0.05, 0.1) is 0 Å². The third-order valence-electron chi connectivity index (χ3n) is 1.55. The molecule has 0 fully saturated rings. The van der Waals surface area contributed by atoms with Crippen molar-refractivity contribution in [1.82, 2.24) is 0 Å². The van der Waals surface area contributed by atoms with Crippen LogP contribution in [0.2, 0.25) is 0 Å². The van der Waals surface area contributed by atoms with E-state index in [9.17, 15) is 4.79 Å². The minimum Gasteiger partial charge on any atom is -0.458 e. The molecule has 0 radical (unpaired) electrons. The maximum atomic E-state index is 11.3. The van der Waals surface area contributed by atoms with Gasteiger partial charge in [0.1, 0.15) is 6.61 Å². The Morgan fingerprint density at radius 1 is 1.33 bits per heavy atom. The van der Waals surface area contributed by atoms with E-state index in [0.717, 1.165) is 5.56 Å². The molecular formula is C9H7Cl3O2S. The van der Waals surface area contributed by atoms with Crippen molar-refractivity contribution in [2.24, 2.45) is 0 Å². The van der Waals surface area contributed by atoms with Gasteiger partial charge in [-0.15, -0.1) is 0 Å². The fourth-order valence-electron chi connectivity index (χ4n) is 0.839. The summed E-state index contributed by atoms with van der Waals surface area (Å²) < 4.78 is 3.12. The maximum Gasteiger partial charge on any atom is 0.354 e. The molecule has 0 atom stereocenters. The molecule has 0 saturated carbocycles. The largest absolute Gasteiger partial charge is 0.458 e. The molecule has 0 amide bonds. The first-order chi connectivity index (χ1) is 7.06. The average molecular weight is 286 g/mol. The minimum absolute atomic E-state index is 0.123. The second-order valence-electron chi connectivity index (χ2n) is 2.66. The summed E-state index contributed by atoms with van der Waals surface area (Å²) in [5, 5.41) is 0. The molecule has 1 aromatic rings. The number of alkyl halides is 2. The van der Waals surface area contributed by atoms with E-state index in [2.05, 4.69) is 0 Å². The highest BCUT2D eigenvalue weighted by molar-refractivity contribution is 8.24. The Morgan fingerprint density at radius 2 is 1.93 bits per heavy atom. The monoisotopic (exact) mass is 284 g/mol. The predicted octanol–water partition coefficient (Wildman–Crippen LogP) is 3.75. The molecule has 0 N–H and O–H groups in total. The summed E-state index contributed by atoms with van der Waals surface area (Å²) in [5.41, 5.74) is 0.856. The van der Waals surface area contributed by atoms with Gasteiger partial charge in [-0.2, -0.15) is 0 Å². The van der Waals surface area contributed by atoms with Crippen LogP contribution in [-0.4, -0.2) is 9.63 Å². The first-order valence-corrected chi connectivity index (χ1v) is 6.35. The van der Waals surface area contributed by atoms with E-state index in [1.165, 1.54) is 0 Å². The summed E-state index contributed by atoms with van der Waals surface area (Å²) in [6.45, 7) is 0.123. The Balaban J connectivity index is 2.48. The zero-order chi connectivity index (χ0) is 11.3. The molecule has 0 unspecified atom stereocenters. The summed E-state index contributed by atoms with van der Waals surface area (Å²) >= 11 is 11.1. The number of ether oxygens (including phenoxy) is 1. The van der Waals surface area contributed by atoms with Gasteiger partial charge in [-0.3, -0.25) is 0 Å². The standard InChI is InChI=1S/C9H7Cl3O2S/c10-9(11,15-12)8(13)14-6-7-4-2-1-3-5-7/h1-5H,6H2. The van der Waals surface area contributed by atoms with Crippen LogP contribution >= 0.6 is 44.9 Å². The number of hydrogen-bond donors (Lipinski definition) is 0. The fraction of sp³-hybridized carbons (Fsp3) is 0.222. The van der Waals surface area contributed by atoms with Gasteiger partial charge in [-0.25, -0.2) is 4.79 Å². The van der Waals surface area contributed by atoms with Crippen LogP contribution in [0.1, 0.15) is 5.56 Å². The topological polar surface area (TPSA) is 26.3 Å².